The van der Waals surface area contributed by atoms with E-state index in [2.05, 4.69) is 10.3 Å². The lowest BCUT2D eigenvalue weighted by molar-refractivity contribution is -0.110. The number of aliphatic imine (C=N–C) groups is 1. The largest absolute Gasteiger partial charge is 0.335 e. The molecule has 1 aliphatic rings. The molecule has 1 aromatic rings. The molecule has 1 heterocycles. The molecule has 0 aliphatic carbocycles. The van der Waals surface area contributed by atoms with Gasteiger partial charge in [0, 0.05) is 18.7 Å². The monoisotopic (exact) mass is 238 g/mol. The first-order valence-electron chi connectivity index (χ1n) is 5.02. The maximum absolute atomic E-state index is 12.7. The van der Waals surface area contributed by atoms with E-state index in [-0.39, 0.29) is 10.9 Å². The maximum Gasteiger partial charge on any atom is 0.196 e. The van der Waals surface area contributed by atoms with Crippen LogP contribution in [0.5, 0.6) is 0 Å². The van der Waals surface area contributed by atoms with Crippen LogP contribution in [0.15, 0.2) is 29.3 Å². The van der Waals surface area contributed by atoms with E-state index in [1.165, 1.54) is 12.1 Å². The van der Waals surface area contributed by atoms with E-state index in [0.29, 0.717) is 18.1 Å². The van der Waals surface area contributed by atoms with Crippen LogP contribution in [0.2, 0.25) is 0 Å². The normalized spacial score (nSPS) is 16.6. The van der Waals surface area contributed by atoms with Crippen LogP contribution in [0, 0.1) is 5.82 Å². The Morgan fingerprint density at radius 2 is 2.06 bits per heavy atom. The van der Waals surface area contributed by atoms with Gasteiger partial charge in [0.15, 0.2) is 10.3 Å². The van der Waals surface area contributed by atoms with E-state index < -0.39 is 0 Å². The molecule has 0 saturated carbocycles. The molecule has 1 aromatic carbocycles. The highest BCUT2D eigenvalue weighted by atomic mass is 32.2. The fourth-order valence-corrected chi connectivity index (χ4v) is 2.10. The summed E-state index contributed by atoms with van der Waals surface area (Å²) in [6.45, 7) is 0.655. The maximum atomic E-state index is 12.7. The Kier molecular flexibility index (Phi) is 3.56. The van der Waals surface area contributed by atoms with Gasteiger partial charge >= 0.3 is 0 Å². The number of halogens is 1. The van der Waals surface area contributed by atoms with Crippen molar-refractivity contribution in [3.8, 4) is 0 Å². The fourth-order valence-electron chi connectivity index (χ4n) is 1.32. The Bertz CT molecular complexity index is 416. The van der Waals surface area contributed by atoms with E-state index >= 15 is 0 Å². The Morgan fingerprint density at radius 3 is 2.81 bits per heavy atom. The molecule has 0 spiro atoms. The first-order chi connectivity index (χ1) is 7.74. The molecule has 1 N–H and O–H groups in total. The van der Waals surface area contributed by atoms with Gasteiger partial charge < -0.3 is 5.32 Å². The Labute approximate surface area is 97.1 Å². The molecular weight excluding hydrogens is 227 g/mol. The van der Waals surface area contributed by atoms with Gasteiger partial charge in [-0.1, -0.05) is 0 Å². The van der Waals surface area contributed by atoms with Gasteiger partial charge in [-0.3, -0.25) is 9.79 Å². The lowest BCUT2D eigenvalue weighted by Crippen LogP contribution is -2.09. The highest BCUT2D eigenvalue weighted by Crippen LogP contribution is 2.17. The lowest BCUT2D eigenvalue weighted by atomic mass is 10.3. The molecule has 16 heavy (non-hydrogen) atoms. The third-order valence-electron chi connectivity index (χ3n) is 2.10. The van der Waals surface area contributed by atoms with Gasteiger partial charge in [0.25, 0.3) is 0 Å². The molecule has 0 saturated heterocycles. The molecule has 84 valence electrons. The molecule has 0 radical (unpaired) electrons. The number of anilines is 1. The molecular formula is C11H11FN2OS. The second kappa shape index (κ2) is 5.12. The van der Waals surface area contributed by atoms with E-state index in [0.717, 1.165) is 23.9 Å². The molecule has 0 unspecified atom stereocenters. The van der Waals surface area contributed by atoms with E-state index in [1.807, 2.05) is 0 Å². The molecule has 0 atom stereocenters. The highest BCUT2D eigenvalue weighted by molar-refractivity contribution is 8.26. The van der Waals surface area contributed by atoms with Gasteiger partial charge in [-0.25, -0.2) is 4.39 Å². The Hall–Kier alpha value is -1.36. The van der Waals surface area contributed by atoms with Crippen molar-refractivity contribution in [3.05, 3.63) is 30.1 Å². The first-order valence-corrected chi connectivity index (χ1v) is 5.83. The summed E-state index contributed by atoms with van der Waals surface area (Å²) in [4.78, 5) is 15.6. The predicted molar refractivity (Wildman–Crippen MR) is 64.2 cm³/mol. The second-order valence-corrected chi connectivity index (χ2v) is 4.44. The summed E-state index contributed by atoms with van der Waals surface area (Å²) in [6, 6.07) is 5.97. The minimum atomic E-state index is -0.280. The quantitative estimate of drug-likeness (QED) is 0.817. The number of hydrogen-bond donors (Lipinski definition) is 1. The van der Waals surface area contributed by atoms with Gasteiger partial charge in [0.1, 0.15) is 5.82 Å². The number of amidine groups is 1. The summed E-state index contributed by atoms with van der Waals surface area (Å²) in [5.74, 6) is -0.280. The molecule has 1 aliphatic heterocycles. The summed E-state index contributed by atoms with van der Waals surface area (Å²) in [5.41, 5.74) is 0.738. The summed E-state index contributed by atoms with van der Waals surface area (Å²) in [5, 5.41) is 3.71. The number of hydrogen-bond acceptors (Lipinski definition) is 4. The number of carbonyl (C=O) groups excluding carboxylic acids is 1. The van der Waals surface area contributed by atoms with Gasteiger partial charge in [0.2, 0.25) is 0 Å². The van der Waals surface area contributed by atoms with Crippen LogP contribution < -0.4 is 5.32 Å². The predicted octanol–water partition coefficient (Wildman–Crippen LogP) is 2.65. The SMILES string of the molecule is O=C1CCCN=C(Nc2ccc(F)cc2)S1. The number of rotatable bonds is 1. The summed E-state index contributed by atoms with van der Waals surface area (Å²) < 4.78 is 12.7. The smallest absolute Gasteiger partial charge is 0.196 e. The van der Waals surface area contributed by atoms with Crippen LogP contribution in [0.25, 0.3) is 0 Å². The van der Waals surface area contributed by atoms with Crippen molar-refractivity contribution in [2.75, 3.05) is 11.9 Å². The van der Waals surface area contributed by atoms with Gasteiger partial charge in [-0.05, 0) is 42.4 Å². The van der Waals surface area contributed by atoms with Gasteiger partial charge in [0.05, 0.1) is 0 Å². The number of benzene rings is 1. The van der Waals surface area contributed by atoms with Gasteiger partial charge in [-0.15, -0.1) is 0 Å². The lowest BCUT2D eigenvalue weighted by Gasteiger charge is -2.06. The van der Waals surface area contributed by atoms with Crippen LogP contribution in [0.3, 0.4) is 0 Å². The van der Waals surface area contributed by atoms with Gasteiger partial charge in [-0.2, -0.15) is 0 Å². The van der Waals surface area contributed by atoms with Crippen molar-refractivity contribution in [1.82, 2.24) is 0 Å². The van der Waals surface area contributed by atoms with Crippen LogP contribution >= 0.6 is 11.8 Å². The van der Waals surface area contributed by atoms with E-state index in [9.17, 15) is 9.18 Å². The van der Waals surface area contributed by atoms with Crippen molar-refractivity contribution in [1.29, 1.82) is 0 Å². The zero-order chi connectivity index (χ0) is 11.4. The zero-order valence-corrected chi connectivity index (χ0v) is 9.39. The minimum absolute atomic E-state index is 0.117. The first kappa shape index (κ1) is 11.1. The molecule has 3 nitrogen and oxygen atoms in total. The molecule has 0 fully saturated rings. The van der Waals surface area contributed by atoms with E-state index in [1.54, 1.807) is 12.1 Å². The average molecular weight is 238 g/mol. The highest BCUT2D eigenvalue weighted by Gasteiger charge is 2.12. The third kappa shape index (κ3) is 3.06. The van der Waals surface area contributed by atoms with Crippen LogP contribution in [0.1, 0.15) is 12.8 Å². The van der Waals surface area contributed by atoms with Crippen molar-refractivity contribution in [3.63, 3.8) is 0 Å². The van der Waals surface area contributed by atoms with Crippen molar-refractivity contribution >= 4 is 27.7 Å². The molecule has 0 aromatic heterocycles. The van der Waals surface area contributed by atoms with E-state index in [4.69, 9.17) is 0 Å². The number of nitrogens with one attached hydrogen (secondary N) is 1. The molecule has 0 amide bonds. The Morgan fingerprint density at radius 1 is 1.31 bits per heavy atom. The summed E-state index contributed by atoms with van der Waals surface area (Å²) >= 11 is 1.11. The standard InChI is InChI=1S/C11H11FN2OS/c12-8-3-5-9(6-4-8)14-11-13-7-1-2-10(15)16-11/h3-6H,1-2,7H2,(H,13,14). The van der Waals surface area contributed by atoms with Crippen molar-refractivity contribution < 1.29 is 9.18 Å². The van der Waals surface area contributed by atoms with Crippen LogP contribution in [-0.4, -0.2) is 16.8 Å². The number of thioether (sulfide) groups is 1. The van der Waals surface area contributed by atoms with Crippen molar-refractivity contribution in [2.24, 2.45) is 4.99 Å². The molecule has 2 rings (SSSR count). The summed E-state index contributed by atoms with van der Waals surface area (Å²) in [6.07, 6.45) is 1.35. The number of carbonyl (C=O) groups is 1. The summed E-state index contributed by atoms with van der Waals surface area (Å²) in [7, 11) is 0. The Balaban J connectivity index is 2.05. The molecule has 5 heteroatoms. The minimum Gasteiger partial charge on any atom is -0.335 e. The van der Waals surface area contributed by atoms with Crippen LogP contribution in [-0.2, 0) is 4.79 Å². The second-order valence-electron chi connectivity index (χ2n) is 3.40. The van der Waals surface area contributed by atoms with Crippen LogP contribution in [0.4, 0.5) is 10.1 Å². The number of nitrogens with zero attached hydrogens (tertiary/aromatic N) is 1. The average Bonchev–Trinajstić information content (AvgIpc) is 2.46. The topological polar surface area (TPSA) is 41.5 Å². The fraction of sp³-hybridized carbons (Fsp3) is 0.273. The van der Waals surface area contributed by atoms with Crippen molar-refractivity contribution in [2.45, 2.75) is 12.8 Å². The third-order valence-corrected chi connectivity index (χ3v) is 2.96. The molecule has 0 bridgehead atoms. The zero-order valence-electron chi connectivity index (χ0n) is 8.57.